The second kappa shape index (κ2) is 13.4. The van der Waals surface area contributed by atoms with Gasteiger partial charge in [-0.1, -0.05) is 40.0 Å². The van der Waals surface area contributed by atoms with Crippen molar-refractivity contribution in [3.05, 3.63) is 4.13 Å². The maximum Gasteiger partial charge on any atom is 0.480 e. The van der Waals surface area contributed by atoms with Gasteiger partial charge < -0.3 is 4.13 Å². The van der Waals surface area contributed by atoms with Crippen molar-refractivity contribution < 1.29 is 43.2 Å². The van der Waals surface area contributed by atoms with E-state index >= 15 is 0 Å². The van der Waals surface area contributed by atoms with Crippen LogP contribution in [0.2, 0.25) is 0 Å². The molecular formula is C16H32F6NO4PS2. The largest absolute Gasteiger partial charge is 0.480 e. The fourth-order valence-electron chi connectivity index (χ4n) is 2.50. The van der Waals surface area contributed by atoms with E-state index < -0.39 is 38.3 Å². The Labute approximate surface area is 176 Å². The molecule has 0 spiro atoms. The summed E-state index contributed by atoms with van der Waals surface area (Å²) in [6, 6.07) is 0. The Morgan fingerprint density at radius 1 is 0.633 bits per heavy atom. The maximum absolute atomic E-state index is 11.4. The van der Waals surface area contributed by atoms with Crippen molar-refractivity contribution in [2.45, 2.75) is 77.2 Å². The minimum atomic E-state index is -6.72. The lowest BCUT2D eigenvalue weighted by Crippen LogP contribution is -2.30. The molecule has 0 N–H and O–H groups in total. The molecule has 0 aromatic carbocycles. The minimum Gasteiger partial charge on any atom is -0.421 e. The van der Waals surface area contributed by atoms with Crippen molar-refractivity contribution in [3.8, 4) is 0 Å². The second-order valence-electron chi connectivity index (χ2n) is 6.81. The van der Waals surface area contributed by atoms with E-state index in [1.807, 2.05) is 0 Å². The third kappa shape index (κ3) is 11.5. The van der Waals surface area contributed by atoms with Crippen LogP contribution >= 0.6 is 7.26 Å². The number of hydrogen-bond donors (Lipinski definition) is 0. The standard InChI is InChI=1S/C14H32P.C2F6NO4S2/c1-5-9-12-15(8-4,13-10-6-2)14-11-7-3;3-1(4,5)14(10,11)9-15(12,13)2(6,7)8/h5-14H2,1-4H3;/q+1;-1. The number of nitrogens with zero attached hydrogens (tertiary/aromatic N) is 1. The van der Waals surface area contributed by atoms with E-state index in [4.69, 9.17) is 0 Å². The van der Waals surface area contributed by atoms with Crippen molar-refractivity contribution in [2.24, 2.45) is 0 Å². The summed E-state index contributed by atoms with van der Waals surface area (Å²) >= 11 is 0. The molecule has 0 aliphatic carbocycles. The van der Waals surface area contributed by atoms with Crippen LogP contribution in [0, 0.1) is 0 Å². The topological polar surface area (TPSA) is 82.4 Å². The SMILES string of the molecule is CCCC[P+](CC)(CCCC)CCCC.O=S(=O)([N-]S(=O)(=O)C(F)(F)F)C(F)(F)F. The van der Waals surface area contributed by atoms with Gasteiger partial charge >= 0.3 is 11.0 Å². The molecule has 0 aromatic rings. The molecule has 0 radical (unpaired) electrons. The Morgan fingerprint density at radius 3 is 1.07 bits per heavy atom. The third-order valence-electron chi connectivity index (χ3n) is 4.41. The Morgan fingerprint density at radius 2 is 0.900 bits per heavy atom. The summed E-state index contributed by atoms with van der Waals surface area (Å²) in [5.74, 6) is 0. The number of rotatable bonds is 12. The van der Waals surface area contributed by atoms with Gasteiger partial charge in [0.05, 0.1) is 24.6 Å². The number of halogens is 6. The van der Waals surface area contributed by atoms with Crippen molar-refractivity contribution in [2.75, 3.05) is 24.6 Å². The fraction of sp³-hybridized carbons (Fsp3) is 1.00. The molecule has 184 valence electrons. The predicted octanol–water partition coefficient (Wildman–Crippen LogP) is 6.48. The van der Waals surface area contributed by atoms with Gasteiger partial charge in [0.25, 0.3) is 0 Å². The third-order valence-corrected chi connectivity index (χ3v) is 12.3. The quantitative estimate of drug-likeness (QED) is 0.222. The first-order chi connectivity index (χ1) is 13.4. The average molecular weight is 512 g/mol. The lowest BCUT2D eigenvalue weighted by molar-refractivity contribution is -0.0444. The van der Waals surface area contributed by atoms with Crippen molar-refractivity contribution in [1.82, 2.24) is 0 Å². The van der Waals surface area contributed by atoms with Gasteiger partial charge in [0.15, 0.2) is 20.0 Å². The van der Waals surface area contributed by atoms with Gasteiger partial charge in [-0.3, -0.25) is 0 Å². The number of unbranched alkanes of at least 4 members (excludes halogenated alkanes) is 3. The Kier molecular flexibility index (Phi) is 14.3. The van der Waals surface area contributed by atoms with Crippen LogP contribution in [0.4, 0.5) is 26.3 Å². The van der Waals surface area contributed by atoms with Gasteiger partial charge in [0, 0.05) is 7.26 Å². The first-order valence-corrected chi connectivity index (χ1v) is 15.1. The molecular weight excluding hydrogens is 479 g/mol. The van der Waals surface area contributed by atoms with Crippen LogP contribution in [0.25, 0.3) is 4.13 Å². The highest BCUT2D eigenvalue weighted by atomic mass is 32.3. The molecule has 0 bridgehead atoms. The van der Waals surface area contributed by atoms with E-state index in [1.54, 1.807) is 18.5 Å². The number of hydrogen-bond acceptors (Lipinski definition) is 4. The molecule has 0 amide bonds. The Balaban J connectivity index is 0. The Hall–Kier alpha value is -0.130. The molecule has 0 aliphatic rings. The van der Waals surface area contributed by atoms with Crippen LogP contribution in [-0.4, -0.2) is 52.5 Å². The first-order valence-electron chi connectivity index (χ1n) is 9.67. The summed E-state index contributed by atoms with van der Waals surface area (Å²) in [5.41, 5.74) is -12.4. The van der Waals surface area contributed by atoms with Crippen LogP contribution in [0.1, 0.15) is 66.2 Å². The summed E-state index contributed by atoms with van der Waals surface area (Å²) in [4.78, 5) is 0. The molecule has 0 fully saturated rings. The zero-order valence-electron chi connectivity index (χ0n) is 17.7. The molecule has 0 saturated carbocycles. The monoisotopic (exact) mass is 511 g/mol. The summed E-state index contributed by atoms with van der Waals surface area (Å²) in [7, 11) is -14.0. The molecule has 14 heteroatoms. The molecule has 0 heterocycles. The van der Waals surface area contributed by atoms with E-state index in [1.165, 1.54) is 44.7 Å². The zero-order valence-corrected chi connectivity index (χ0v) is 20.2. The van der Waals surface area contributed by atoms with Crippen LogP contribution in [-0.2, 0) is 20.0 Å². The molecule has 0 aromatic heterocycles. The zero-order chi connectivity index (χ0) is 24.3. The molecule has 0 unspecified atom stereocenters. The average Bonchev–Trinajstić information content (AvgIpc) is 2.59. The van der Waals surface area contributed by atoms with Crippen LogP contribution in [0.3, 0.4) is 0 Å². The molecule has 30 heavy (non-hydrogen) atoms. The van der Waals surface area contributed by atoms with Crippen LogP contribution < -0.4 is 0 Å². The second-order valence-corrected chi connectivity index (χ2v) is 14.9. The molecule has 0 saturated heterocycles. The molecule has 0 atom stereocenters. The fourth-order valence-corrected chi connectivity index (χ4v) is 8.79. The summed E-state index contributed by atoms with van der Waals surface area (Å²) in [6.07, 6.45) is 14.9. The maximum atomic E-state index is 11.4. The normalized spacial score (nSPS) is 13.7. The van der Waals surface area contributed by atoms with Crippen LogP contribution in [0.5, 0.6) is 0 Å². The summed E-state index contributed by atoms with van der Waals surface area (Å²) in [6.45, 7) is 9.46. The summed E-state index contributed by atoms with van der Waals surface area (Å²) < 4.78 is 109. The van der Waals surface area contributed by atoms with Crippen molar-refractivity contribution >= 4 is 27.3 Å². The smallest absolute Gasteiger partial charge is 0.421 e. The number of sulfonamides is 2. The minimum absolute atomic E-state index is 0.527. The molecule has 0 rings (SSSR count). The van der Waals surface area contributed by atoms with E-state index in [2.05, 4.69) is 27.7 Å². The highest BCUT2D eigenvalue weighted by molar-refractivity contribution is 8.13. The van der Waals surface area contributed by atoms with Gasteiger partial charge in [-0.25, -0.2) is 16.8 Å². The van der Waals surface area contributed by atoms with Gasteiger partial charge in [-0.2, -0.15) is 26.3 Å². The first kappa shape index (κ1) is 32.1. The molecule has 5 nitrogen and oxygen atoms in total. The predicted molar refractivity (Wildman–Crippen MR) is 110 cm³/mol. The van der Waals surface area contributed by atoms with Crippen molar-refractivity contribution in [3.63, 3.8) is 0 Å². The van der Waals surface area contributed by atoms with Gasteiger partial charge in [-0.05, 0) is 26.2 Å². The van der Waals surface area contributed by atoms with Gasteiger partial charge in [-0.15, -0.1) is 0 Å². The number of alkyl halides is 6. The van der Waals surface area contributed by atoms with Gasteiger partial charge in [0.1, 0.15) is 0 Å². The van der Waals surface area contributed by atoms with E-state index in [0.29, 0.717) is 0 Å². The highest BCUT2D eigenvalue weighted by Crippen LogP contribution is 2.60. The van der Waals surface area contributed by atoms with E-state index in [9.17, 15) is 43.2 Å². The van der Waals surface area contributed by atoms with Gasteiger partial charge in [0.2, 0.25) is 0 Å². The Bertz CT molecular complexity index is 615. The van der Waals surface area contributed by atoms with E-state index in [-0.39, 0.29) is 0 Å². The van der Waals surface area contributed by atoms with E-state index in [0.717, 1.165) is 4.13 Å². The molecule has 0 aliphatic heterocycles. The van der Waals surface area contributed by atoms with Crippen LogP contribution in [0.15, 0.2) is 0 Å². The van der Waals surface area contributed by atoms with Crippen molar-refractivity contribution in [1.29, 1.82) is 0 Å². The summed E-state index contributed by atoms with van der Waals surface area (Å²) in [5, 5.41) is 0. The highest BCUT2D eigenvalue weighted by Gasteiger charge is 2.46. The lowest BCUT2D eigenvalue weighted by atomic mass is 10.4. The lowest BCUT2D eigenvalue weighted by Gasteiger charge is -2.26.